The summed E-state index contributed by atoms with van der Waals surface area (Å²) in [6.07, 6.45) is 2.98. The number of nitrogens with zero attached hydrogens (tertiary/aromatic N) is 3. The molecule has 2 rings (SSSR count). The quantitative estimate of drug-likeness (QED) is 0.417. The van der Waals surface area contributed by atoms with Crippen LogP contribution in [0.15, 0.2) is 35.2 Å². The number of rotatable bonds is 10. The molecular weight excluding hydrogens is 394 g/mol. The van der Waals surface area contributed by atoms with E-state index in [0.29, 0.717) is 17.5 Å². The van der Waals surface area contributed by atoms with E-state index in [0.717, 1.165) is 24.1 Å². The van der Waals surface area contributed by atoms with Crippen molar-refractivity contribution in [2.24, 2.45) is 11.8 Å². The third-order valence-corrected chi connectivity index (χ3v) is 5.64. The first-order valence-electron chi connectivity index (χ1n) is 9.63. The molecule has 0 saturated heterocycles. The molecule has 29 heavy (non-hydrogen) atoms. The van der Waals surface area contributed by atoms with E-state index in [1.807, 2.05) is 4.68 Å². The molecule has 0 unspecified atom stereocenters. The van der Waals surface area contributed by atoms with Gasteiger partial charge in [-0.2, -0.15) is 5.10 Å². The van der Waals surface area contributed by atoms with Crippen molar-refractivity contribution in [1.29, 1.82) is 0 Å². The van der Waals surface area contributed by atoms with Gasteiger partial charge in [0.25, 0.3) is 5.09 Å². The summed E-state index contributed by atoms with van der Waals surface area (Å²) in [5, 5.41) is 14.4. The maximum Gasteiger partial charge on any atom is 0.294 e. The molecule has 1 aromatic heterocycles. The molecule has 1 aromatic carbocycles. The summed E-state index contributed by atoms with van der Waals surface area (Å²) in [6.45, 7) is 8.36. The first-order chi connectivity index (χ1) is 13.5. The Balaban J connectivity index is 2.51. The Labute approximate surface area is 171 Å². The first-order valence-corrected chi connectivity index (χ1v) is 11.5. The van der Waals surface area contributed by atoms with Gasteiger partial charge in [-0.1, -0.05) is 39.8 Å². The smallest absolute Gasteiger partial charge is 0.294 e. The van der Waals surface area contributed by atoms with Gasteiger partial charge >= 0.3 is 0 Å². The van der Waals surface area contributed by atoms with Gasteiger partial charge in [-0.25, -0.2) is 8.42 Å². The SMILES string of the molecule is CC(C)CC(CC(C)C)n1nc(CO[N+](=O)[O-])cc1-c1ccc(S(C)(=O)=O)cc1. The molecule has 0 saturated carbocycles. The van der Waals surface area contributed by atoms with Gasteiger partial charge in [-0.3, -0.25) is 4.68 Å². The van der Waals surface area contributed by atoms with Gasteiger partial charge in [-0.05, 0) is 48.4 Å². The topological polar surface area (TPSA) is 104 Å². The molecule has 9 heteroatoms. The molecule has 0 radical (unpaired) electrons. The molecule has 0 amide bonds. The Morgan fingerprint density at radius 1 is 1.10 bits per heavy atom. The second-order valence-corrected chi connectivity index (χ2v) is 10.2. The monoisotopic (exact) mass is 423 g/mol. The van der Waals surface area contributed by atoms with E-state index in [9.17, 15) is 18.5 Å². The lowest BCUT2D eigenvalue weighted by atomic mass is 9.95. The predicted octanol–water partition coefficient (Wildman–Crippen LogP) is 4.30. The number of sulfone groups is 1. The lowest BCUT2D eigenvalue weighted by molar-refractivity contribution is -0.763. The number of benzene rings is 1. The van der Waals surface area contributed by atoms with E-state index >= 15 is 0 Å². The van der Waals surface area contributed by atoms with E-state index in [4.69, 9.17) is 0 Å². The van der Waals surface area contributed by atoms with Crippen LogP contribution in [0.4, 0.5) is 0 Å². The first kappa shape index (κ1) is 22.9. The largest absolute Gasteiger partial charge is 0.307 e. The van der Waals surface area contributed by atoms with Gasteiger partial charge in [0.05, 0.1) is 22.3 Å². The van der Waals surface area contributed by atoms with Crippen LogP contribution in [-0.4, -0.2) is 29.5 Å². The van der Waals surface area contributed by atoms with Crippen molar-refractivity contribution >= 4 is 9.84 Å². The van der Waals surface area contributed by atoms with E-state index in [-0.39, 0.29) is 17.5 Å². The second-order valence-electron chi connectivity index (χ2n) is 8.17. The summed E-state index contributed by atoms with van der Waals surface area (Å²) in [7, 11) is -3.29. The Morgan fingerprint density at radius 3 is 2.10 bits per heavy atom. The molecular formula is C20H29N3O5S. The molecule has 0 aliphatic heterocycles. The molecule has 0 spiro atoms. The molecule has 8 nitrogen and oxygen atoms in total. The normalized spacial score (nSPS) is 12.1. The maximum atomic E-state index is 11.8. The highest BCUT2D eigenvalue weighted by Crippen LogP contribution is 2.31. The van der Waals surface area contributed by atoms with Crippen LogP contribution in [0.25, 0.3) is 11.3 Å². The Hall–Kier alpha value is -2.42. The van der Waals surface area contributed by atoms with Gasteiger partial charge < -0.3 is 4.84 Å². The second kappa shape index (κ2) is 9.39. The highest BCUT2D eigenvalue weighted by atomic mass is 32.2. The van der Waals surface area contributed by atoms with Crippen LogP contribution >= 0.6 is 0 Å². The summed E-state index contributed by atoms with van der Waals surface area (Å²) in [5.74, 6) is 0.892. The summed E-state index contributed by atoms with van der Waals surface area (Å²) in [5.41, 5.74) is 2.05. The number of hydrogen-bond acceptors (Lipinski definition) is 6. The van der Waals surface area contributed by atoms with Crippen molar-refractivity contribution in [2.45, 2.75) is 58.1 Å². The van der Waals surface area contributed by atoms with Crippen molar-refractivity contribution in [3.63, 3.8) is 0 Å². The fraction of sp³-hybridized carbons (Fsp3) is 0.550. The zero-order valence-corrected chi connectivity index (χ0v) is 18.3. The van der Waals surface area contributed by atoms with Crippen LogP contribution in [0, 0.1) is 22.0 Å². The van der Waals surface area contributed by atoms with Gasteiger partial charge in [0.15, 0.2) is 9.84 Å². The van der Waals surface area contributed by atoms with Gasteiger partial charge in [0, 0.05) is 6.26 Å². The molecule has 0 bridgehead atoms. The lowest BCUT2D eigenvalue weighted by Gasteiger charge is -2.24. The van der Waals surface area contributed by atoms with E-state index in [2.05, 4.69) is 37.6 Å². The highest BCUT2D eigenvalue weighted by molar-refractivity contribution is 7.90. The molecule has 0 fully saturated rings. The molecule has 2 aromatic rings. The van der Waals surface area contributed by atoms with E-state index < -0.39 is 14.9 Å². The minimum Gasteiger partial charge on any atom is -0.307 e. The minimum atomic E-state index is -3.29. The third kappa shape index (κ3) is 6.56. The van der Waals surface area contributed by atoms with Crippen molar-refractivity contribution in [3.05, 3.63) is 46.1 Å². The van der Waals surface area contributed by atoms with Crippen molar-refractivity contribution in [1.82, 2.24) is 9.78 Å². The van der Waals surface area contributed by atoms with Crippen LogP contribution in [0.2, 0.25) is 0 Å². The summed E-state index contributed by atoms with van der Waals surface area (Å²) in [6, 6.07) is 8.49. The lowest BCUT2D eigenvalue weighted by Crippen LogP contribution is -2.17. The number of hydrogen-bond donors (Lipinski definition) is 0. The fourth-order valence-corrected chi connectivity index (χ4v) is 4.02. The molecule has 0 aliphatic carbocycles. The zero-order valence-electron chi connectivity index (χ0n) is 17.5. The Bertz CT molecular complexity index is 924. The standard InChI is InChI=1S/C20H29N3O5S/c1-14(2)10-18(11-15(3)4)22-20(12-17(21-22)13-28-23(24)25)16-6-8-19(9-7-16)29(5,26)27/h6-9,12,14-15,18H,10-11,13H2,1-5H3. The van der Waals surface area contributed by atoms with Crippen LogP contribution in [0.5, 0.6) is 0 Å². The van der Waals surface area contributed by atoms with Crippen LogP contribution in [0.1, 0.15) is 52.3 Å². The molecule has 0 atom stereocenters. The van der Waals surface area contributed by atoms with Crippen LogP contribution < -0.4 is 0 Å². The summed E-state index contributed by atoms with van der Waals surface area (Å²) < 4.78 is 25.4. The molecule has 0 aliphatic rings. The van der Waals surface area contributed by atoms with Gasteiger partial charge in [0.2, 0.25) is 0 Å². The molecule has 1 heterocycles. The Morgan fingerprint density at radius 2 is 1.66 bits per heavy atom. The molecule has 160 valence electrons. The fourth-order valence-electron chi connectivity index (χ4n) is 3.39. The van der Waals surface area contributed by atoms with Gasteiger partial charge in [0.1, 0.15) is 6.61 Å². The minimum absolute atomic E-state index is 0.115. The number of aromatic nitrogens is 2. The Kier molecular flexibility index (Phi) is 7.40. The average Bonchev–Trinajstić information content (AvgIpc) is 3.02. The van der Waals surface area contributed by atoms with Crippen molar-refractivity contribution in [3.8, 4) is 11.3 Å². The van der Waals surface area contributed by atoms with Crippen LogP contribution in [-0.2, 0) is 21.3 Å². The average molecular weight is 424 g/mol. The van der Waals surface area contributed by atoms with E-state index in [1.165, 1.54) is 6.26 Å². The summed E-state index contributed by atoms with van der Waals surface area (Å²) >= 11 is 0. The third-order valence-electron chi connectivity index (χ3n) is 4.52. The highest BCUT2D eigenvalue weighted by Gasteiger charge is 2.21. The van der Waals surface area contributed by atoms with Crippen molar-refractivity contribution < 1.29 is 18.3 Å². The molecule has 0 N–H and O–H groups in total. The maximum absolute atomic E-state index is 11.8. The van der Waals surface area contributed by atoms with E-state index in [1.54, 1.807) is 30.3 Å². The van der Waals surface area contributed by atoms with Crippen molar-refractivity contribution in [2.75, 3.05) is 6.26 Å². The summed E-state index contributed by atoms with van der Waals surface area (Å²) in [4.78, 5) is 15.3. The zero-order chi connectivity index (χ0) is 21.8. The predicted molar refractivity (Wildman–Crippen MR) is 111 cm³/mol. The van der Waals surface area contributed by atoms with Crippen LogP contribution in [0.3, 0.4) is 0 Å². The van der Waals surface area contributed by atoms with Gasteiger partial charge in [-0.15, -0.1) is 10.1 Å².